The molecule has 0 saturated carbocycles. The Hall–Kier alpha value is -0.580. The standard InChI is InChI=1S/C7H12N2OS/c1-5(9-8)7-3-6(10-2)4-11-7/h3-5,9H,8H2,1-2H3. The van der Waals surface area contributed by atoms with E-state index in [0.717, 1.165) is 5.75 Å². The lowest BCUT2D eigenvalue weighted by atomic mass is 10.3. The summed E-state index contributed by atoms with van der Waals surface area (Å²) >= 11 is 1.64. The third-order valence-electron chi connectivity index (χ3n) is 1.51. The lowest BCUT2D eigenvalue weighted by Crippen LogP contribution is -2.24. The summed E-state index contributed by atoms with van der Waals surface area (Å²) in [7, 11) is 1.66. The topological polar surface area (TPSA) is 47.3 Å². The summed E-state index contributed by atoms with van der Waals surface area (Å²) in [5.74, 6) is 6.17. The maximum Gasteiger partial charge on any atom is 0.129 e. The van der Waals surface area contributed by atoms with Crippen molar-refractivity contribution in [1.82, 2.24) is 5.43 Å². The summed E-state index contributed by atoms with van der Waals surface area (Å²) in [6.45, 7) is 2.01. The molecule has 0 fully saturated rings. The molecule has 0 spiro atoms. The van der Waals surface area contributed by atoms with Crippen molar-refractivity contribution in [2.24, 2.45) is 5.84 Å². The SMILES string of the molecule is COc1csc(C(C)NN)c1. The molecular formula is C7H12N2OS. The molecule has 0 aliphatic heterocycles. The van der Waals surface area contributed by atoms with Crippen LogP contribution in [0.2, 0.25) is 0 Å². The van der Waals surface area contributed by atoms with Gasteiger partial charge in [-0.2, -0.15) is 0 Å². The Kier molecular flexibility index (Phi) is 2.87. The number of hydrogen-bond donors (Lipinski definition) is 2. The Morgan fingerprint density at radius 3 is 2.91 bits per heavy atom. The fourth-order valence-electron chi connectivity index (χ4n) is 0.751. The van der Waals surface area contributed by atoms with Gasteiger partial charge in [-0.3, -0.25) is 11.3 Å². The molecule has 0 aliphatic rings. The highest BCUT2D eigenvalue weighted by Gasteiger charge is 2.05. The predicted molar refractivity (Wildman–Crippen MR) is 46.6 cm³/mol. The van der Waals surface area contributed by atoms with E-state index < -0.39 is 0 Å². The molecule has 0 saturated heterocycles. The molecule has 62 valence electrons. The second kappa shape index (κ2) is 3.71. The van der Waals surface area contributed by atoms with E-state index in [4.69, 9.17) is 10.6 Å². The Bertz CT molecular complexity index is 224. The molecule has 4 heteroatoms. The summed E-state index contributed by atoms with van der Waals surface area (Å²) in [6.07, 6.45) is 0. The second-order valence-corrected chi connectivity index (χ2v) is 3.22. The molecule has 3 nitrogen and oxygen atoms in total. The third-order valence-corrected chi connectivity index (χ3v) is 2.60. The molecule has 1 unspecified atom stereocenters. The smallest absolute Gasteiger partial charge is 0.129 e. The van der Waals surface area contributed by atoms with E-state index in [9.17, 15) is 0 Å². The largest absolute Gasteiger partial charge is 0.496 e. The minimum Gasteiger partial charge on any atom is -0.496 e. The number of rotatable bonds is 3. The number of methoxy groups -OCH3 is 1. The Morgan fingerprint density at radius 1 is 1.73 bits per heavy atom. The Morgan fingerprint density at radius 2 is 2.45 bits per heavy atom. The number of hydrazine groups is 1. The molecule has 0 amide bonds. The summed E-state index contributed by atoms with van der Waals surface area (Å²) in [5, 5.41) is 1.96. The lowest BCUT2D eigenvalue weighted by Gasteiger charge is -2.04. The van der Waals surface area contributed by atoms with Gasteiger partial charge in [-0.25, -0.2) is 0 Å². The van der Waals surface area contributed by atoms with Gasteiger partial charge in [0.2, 0.25) is 0 Å². The van der Waals surface area contributed by atoms with Gasteiger partial charge in [-0.15, -0.1) is 11.3 Å². The van der Waals surface area contributed by atoms with Crippen molar-refractivity contribution in [1.29, 1.82) is 0 Å². The molecule has 11 heavy (non-hydrogen) atoms. The minimum atomic E-state index is 0.198. The van der Waals surface area contributed by atoms with Crippen LogP contribution in [-0.2, 0) is 0 Å². The van der Waals surface area contributed by atoms with Crippen LogP contribution in [0.15, 0.2) is 11.4 Å². The van der Waals surface area contributed by atoms with Crippen LogP contribution in [0.5, 0.6) is 5.75 Å². The average molecular weight is 172 g/mol. The molecule has 1 aromatic heterocycles. The summed E-state index contributed by atoms with van der Waals surface area (Å²) < 4.78 is 5.03. The molecule has 3 N–H and O–H groups in total. The highest BCUT2D eigenvalue weighted by atomic mass is 32.1. The van der Waals surface area contributed by atoms with E-state index in [2.05, 4.69) is 5.43 Å². The summed E-state index contributed by atoms with van der Waals surface area (Å²) in [5.41, 5.74) is 2.67. The van der Waals surface area contributed by atoms with Crippen molar-refractivity contribution in [3.63, 3.8) is 0 Å². The molecule has 1 atom stereocenters. The molecule has 1 rings (SSSR count). The maximum absolute atomic E-state index is 5.27. The van der Waals surface area contributed by atoms with Gasteiger partial charge in [-0.05, 0) is 13.0 Å². The summed E-state index contributed by atoms with van der Waals surface area (Å²) in [6, 6.07) is 2.18. The maximum atomic E-state index is 5.27. The predicted octanol–water partition coefficient (Wildman–Crippen LogP) is 1.28. The fourth-order valence-corrected chi connectivity index (χ4v) is 1.62. The van der Waals surface area contributed by atoms with Gasteiger partial charge in [-0.1, -0.05) is 0 Å². The van der Waals surface area contributed by atoms with Gasteiger partial charge >= 0.3 is 0 Å². The quantitative estimate of drug-likeness (QED) is 0.533. The number of nitrogens with two attached hydrogens (primary N) is 1. The van der Waals surface area contributed by atoms with Crippen molar-refractivity contribution in [2.45, 2.75) is 13.0 Å². The Labute approximate surface area is 70.1 Å². The molecule has 0 bridgehead atoms. The monoisotopic (exact) mass is 172 g/mol. The molecule has 0 aliphatic carbocycles. The fraction of sp³-hybridized carbons (Fsp3) is 0.429. The first-order valence-corrected chi connectivity index (χ1v) is 4.24. The van der Waals surface area contributed by atoms with Crippen molar-refractivity contribution >= 4 is 11.3 Å². The van der Waals surface area contributed by atoms with Gasteiger partial charge in [0.1, 0.15) is 5.75 Å². The zero-order valence-corrected chi connectivity index (χ0v) is 7.44. The molecule has 0 aromatic carbocycles. The van der Waals surface area contributed by atoms with Crippen molar-refractivity contribution in [2.75, 3.05) is 7.11 Å². The van der Waals surface area contributed by atoms with Crippen LogP contribution in [0.4, 0.5) is 0 Å². The van der Waals surface area contributed by atoms with Gasteiger partial charge in [0.25, 0.3) is 0 Å². The number of thiophene rings is 1. The van der Waals surface area contributed by atoms with Gasteiger partial charge < -0.3 is 4.74 Å². The van der Waals surface area contributed by atoms with Crippen LogP contribution in [0.3, 0.4) is 0 Å². The van der Waals surface area contributed by atoms with Crippen molar-refractivity contribution in [3.05, 3.63) is 16.3 Å². The Balaban J connectivity index is 2.71. The first kappa shape index (κ1) is 8.52. The van der Waals surface area contributed by atoms with E-state index >= 15 is 0 Å². The van der Waals surface area contributed by atoms with Crippen LogP contribution >= 0.6 is 11.3 Å². The van der Waals surface area contributed by atoms with Crippen LogP contribution in [0, 0.1) is 0 Å². The average Bonchev–Trinajstić information content (AvgIpc) is 2.50. The summed E-state index contributed by atoms with van der Waals surface area (Å²) in [4.78, 5) is 1.18. The molecule has 1 aromatic rings. The number of ether oxygens (including phenoxy) is 1. The first-order valence-electron chi connectivity index (χ1n) is 3.36. The van der Waals surface area contributed by atoms with E-state index in [-0.39, 0.29) is 6.04 Å². The highest BCUT2D eigenvalue weighted by molar-refractivity contribution is 7.10. The van der Waals surface area contributed by atoms with E-state index in [1.54, 1.807) is 18.4 Å². The molecular weight excluding hydrogens is 160 g/mol. The highest BCUT2D eigenvalue weighted by Crippen LogP contribution is 2.25. The van der Waals surface area contributed by atoms with Crippen LogP contribution in [0.1, 0.15) is 17.8 Å². The van der Waals surface area contributed by atoms with Crippen molar-refractivity contribution in [3.8, 4) is 5.75 Å². The second-order valence-electron chi connectivity index (χ2n) is 2.28. The molecule has 0 radical (unpaired) electrons. The number of nitrogens with one attached hydrogen (secondary N) is 1. The first-order chi connectivity index (χ1) is 5.27. The normalized spacial score (nSPS) is 13.0. The van der Waals surface area contributed by atoms with E-state index in [1.165, 1.54) is 4.88 Å². The third kappa shape index (κ3) is 1.92. The van der Waals surface area contributed by atoms with Gasteiger partial charge in [0.05, 0.1) is 13.2 Å². The van der Waals surface area contributed by atoms with E-state index in [1.807, 2.05) is 18.4 Å². The van der Waals surface area contributed by atoms with Crippen molar-refractivity contribution < 1.29 is 4.74 Å². The zero-order valence-electron chi connectivity index (χ0n) is 6.63. The minimum absolute atomic E-state index is 0.198. The van der Waals surface area contributed by atoms with Crippen LogP contribution in [0.25, 0.3) is 0 Å². The van der Waals surface area contributed by atoms with Gasteiger partial charge in [0, 0.05) is 10.3 Å². The van der Waals surface area contributed by atoms with E-state index in [0.29, 0.717) is 0 Å². The number of hydrogen-bond acceptors (Lipinski definition) is 4. The zero-order chi connectivity index (χ0) is 8.27. The van der Waals surface area contributed by atoms with Gasteiger partial charge in [0.15, 0.2) is 0 Å². The van der Waals surface area contributed by atoms with Crippen LogP contribution in [-0.4, -0.2) is 7.11 Å². The van der Waals surface area contributed by atoms with Crippen LogP contribution < -0.4 is 16.0 Å². The lowest BCUT2D eigenvalue weighted by molar-refractivity contribution is 0.416. The molecule has 1 heterocycles.